The Morgan fingerprint density at radius 2 is 1.88 bits per heavy atom. The number of fused-ring (bicyclic) bond motifs is 1. The molecule has 0 saturated heterocycles. The molecule has 5 N–H and O–H groups in total. The summed E-state index contributed by atoms with van der Waals surface area (Å²) in [5.41, 5.74) is 5.96. The Kier molecular flexibility index (Phi) is 3.91. The number of amides is 1. The van der Waals surface area contributed by atoms with E-state index in [2.05, 4.69) is 15.0 Å². The first-order valence-corrected chi connectivity index (χ1v) is 7.89. The SMILES string of the molecule is CC(C)(C)c1ccc2c(c1)/C(=C/C(N)=O)N=C2c1c(O)[nH]c(=O)[nH]c1=O. The van der Waals surface area contributed by atoms with Gasteiger partial charge in [0.2, 0.25) is 11.8 Å². The molecule has 1 aromatic heterocycles. The molecular formula is C18H18N4O4. The van der Waals surface area contributed by atoms with Crippen LogP contribution in [0.15, 0.2) is 38.9 Å². The Bertz CT molecular complexity index is 1100. The maximum absolute atomic E-state index is 12.2. The summed E-state index contributed by atoms with van der Waals surface area (Å²) in [6, 6.07) is 5.52. The van der Waals surface area contributed by atoms with Crippen molar-refractivity contribution in [3.8, 4) is 5.88 Å². The molecule has 8 heteroatoms. The van der Waals surface area contributed by atoms with E-state index in [1.54, 1.807) is 6.07 Å². The molecule has 0 spiro atoms. The lowest BCUT2D eigenvalue weighted by Crippen LogP contribution is -2.27. The molecule has 1 amide bonds. The summed E-state index contributed by atoms with van der Waals surface area (Å²) in [6.07, 6.45) is 1.16. The van der Waals surface area contributed by atoms with E-state index >= 15 is 0 Å². The summed E-state index contributed by atoms with van der Waals surface area (Å²) in [5, 5.41) is 10.0. The highest BCUT2D eigenvalue weighted by atomic mass is 16.3. The molecule has 134 valence electrons. The average molecular weight is 354 g/mol. The van der Waals surface area contributed by atoms with Crippen molar-refractivity contribution in [3.63, 3.8) is 0 Å². The number of aromatic amines is 2. The maximum atomic E-state index is 12.2. The predicted molar refractivity (Wildman–Crippen MR) is 97.3 cm³/mol. The van der Waals surface area contributed by atoms with E-state index < -0.39 is 23.0 Å². The van der Waals surface area contributed by atoms with Crippen molar-refractivity contribution in [3.05, 3.63) is 67.4 Å². The van der Waals surface area contributed by atoms with E-state index in [0.717, 1.165) is 11.6 Å². The molecule has 3 rings (SSSR count). The fraction of sp³-hybridized carbons (Fsp3) is 0.222. The number of aromatic nitrogens is 2. The summed E-state index contributed by atoms with van der Waals surface area (Å²) < 4.78 is 0. The second-order valence-corrected chi connectivity index (χ2v) is 7.03. The fourth-order valence-electron chi connectivity index (χ4n) is 2.80. The molecule has 0 atom stereocenters. The zero-order valence-electron chi connectivity index (χ0n) is 14.5. The number of hydrogen-bond acceptors (Lipinski definition) is 5. The second kappa shape index (κ2) is 5.83. The molecule has 0 fully saturated rings. The number of aromatic hydroxyl groups is 1. The summed E-state index contributed by atoms with van der Waals surface area (Å²) in [5.74, 6) is -1.28. The minimum absolute atomic E-state index is 0.146. The van der Waals surface area contributed by atoms with Gasteiger partial charge in [0.1, 0.15) is 5.56 Å². The third-order valence-corrected chi connectivity index (χ3v) is 4.09. The van der Waals surface area contributed by atoms with Crippen LogP contribution < -0.4 is 17.0 Å². The molecule has 0 aliphatic carbocycles. The summed E-state index contributed by atoms with van der Waals surface area (Å²) in [4.78, 5) is 43.4. The summed E-state index contributed by atoms with van der Waals surface area (Å²) in [6.45, 7) is 6.13. The second-order valence-electron chi connectivity index (χ2n) is 7.03. The standard InChI is InChI=1S/C18H18N4O4/c1-18(2,3)8-4-5-9-10(6-8)11(7-12(19)23)20-14(9)13-15(24)21-17(26)22-16(13)25/h4-7H,1-3H3,(H2,19,23)(H3,21,22,24,25,26)/b11-7-. The maximum Gasteiger partial charge on any atom is 0.328 e. The van der Waals surface area contributed by atoms with Gasteiger partial charge in [0.05, 0.1) is 11.4 Å². The molecule has 1 aliphatic heterocycles. The zero-order valence-corrected chi connectivity index (χ0v) is 14.5. The van der Waals surface area contributed by atoms with E-state index in [1.807, 2.05) is 32.9 Å². The van der Waals surface area contributed by atoms with Crippen molar-refractivity contribution in [2.45, 2.75) is 26.2 Å². The van der Waals surface area contributed by atoms with E-state index in [1.165, 1.54) is 0 Å². The number of rotatable bonds is 2. The van der Waals surface area contributed by atoms with Crippen LogP contribution in [0.4, 0.5) is 0 Å². The molecule has 26 heavy (non-hydrogen) atoms. The summed E-state index contributed by atoms with van der Waals surface area (Å²) in [7, 11) is 0. The van der Waals surface area contributed by atoms with E-state index in [-0.39, 0.29) is 16.7 Å². The normalized spacial score (nSPS) is 15.0. The molecule has 0 saturated carbocycles. The highest BCUT2D eigenvalue weighted by Crippen LogP contribution is 2.35. The van der Waals surface area contributed by atoms with Gasteiger partial charge in [-0.1, -0.05) is 32.9 Å². The molecule has 1 aromatic carbocycles. The molecule has 0 bridgehead atoms. The van der Waals surface area contributed by atoms with Crippen LogP contribution in [0, 0.1) is 0 Å². The number of H-pyrrole nitrogens is 2. The van der Waals surface area contributed by atoms with Crippen LogP contribution in [0.5, 0.6) is 5.88 Å². The van der Waals surface area contributed by atoms with Crippen LogP contribution in [-0.4, -0.2) is 26.7 Å². The molecule has 0 radical (unpaired) electrons. The van der Waals surface area contributed by atoms with Gasteiger partial charge in [-0.25, -0.2) is 9.79 Å². The van der Waals surface area contributed by atoms with Gasteiger partial charge < -0.3 is 10.8 Å². The average Bonchev–Trinajstić information content (AvgIpc) is 2.83. The Hall–Kier alpha value is -3.42. The summed E-state index contributed by atoms with van der Waals surface area (Å²) >= 11 is 0. The first-order chi connectivity index (χ1) is 12.1. The third kappa shape index (κ3) is 2.97. The van der Waals surface area contributed by atoms with Crippen LogP contribution in [0.1, 0.15) is 43.0 Å². The van der Waals surface area contributed by atoms with Crippen LogP contribution in [0.3, 0.4) is 0 Å². The van der Waals surface area contributed by atoms with Gasteiger partial charge in [-0.15, -0.1) is 0 Å². The number of nitrogens with zero attached hydrogens (tertiary/aromatic N) is 1. The van der Waals surface area contributed by atoms with Gasteiger partial charge in [-0.3, -0.25) is 19.6 Å². The highest BCUT2D eigenvalue weighted by Gasteiger charge is 2.28. The largest absolute Gasteiger partial charge is 0.494 e. The Morgan fingerprint density at radius 1 is 1.19 bits per heavy atom. The number of carbonyl (C=O) groups excluding carboxylic acids is 1. The van der Waals surface area contributed by atoms with Crippen molar-refractivity contribution in [1.82, 2.24) is 9.97 Å². The lowest BCUT2D eigenvalue weighted by atomic mass is 9.84. The molecule has 2 heterocycles. The zero-order chi connectivity index (χ0) is 19.2. The van der Waals surface area contributed by atoms with E-state index in [4.69, 9.17) is 5.73 Å². The fourth-order valence-corrected chi connectivity index (χ4v) is 2.80. The molecule has 2 aromatic rings. The van der Waals surface area contributed by atoms with E-state index in [0.29, 0.717) is 16.8 Å². The molecule has 1 aliphatic rings. The number of benzene rings is 1. The Labute approximate surface area is 148 Å². The van der Waals surface area contributed by atoms with Gasteiger partial charge in [-0.05, 0) is 17.0 Å². The number of aliphatic imine (C=N–C) groups is 1. The van der Waals surface area contributed by atoms with Gasteiger partial charge in [0, 0.05) is 17.2 Å². The van der Waals surface area contributed by atoms with Crippen LogP contribution >= 0.6 is 0 Å². The molecule has 0 unspecified atom stereocenters. The lowest BCUT2D eigenvalue weighted by molar-refractivity contribution is -0.113. The van der Waals surface area contributed by atoms with Crippen molar-refractivity contribution in [2.24, 2.45) is 10.7 Å². The smallest absolute Gasteiger partial charge is 0.328 e. The third-order valence-electron chi connectivity index (χ3n) is 4.09. The number of nitrogens with one attached hydrogen (secondary N) is 2. The van der Waals surface area contributed by atoms with Gasteiger partial charge in [0.25, 0.3) is 5.56 Å². The van der Waals surface area contributed by atoms with Crippen molar-refractivity contribution >= 4 is 17.3 Å². The predicted octanol–water partition coefficient (Wildman–Crippen LogP) is 0.744. The topological polar surface area (TPSA) is 141 Å². The molecular weight excluding hydrogens is 336 g/mol. The van der Waals surface area contributed by atoms with Crippen molar-refractivity contribution < 1.29 is 9.90 Å². The van der Waals surface area contributed by atoms with Crippen LogP contribution in [0.25, 0.3) is 5.70 Å². The monoisotopic (exact) mass is 354 g/mol. The van der Waals surface area contributed by atoms with Gasteiger partial charge >= 0.3 is 5.69 Å². The quantitative estimate of drug-likeness (QED) is 0.590. The van der Waals surface area contributed by atoms with Gasteiger partial charge in [0.15, 0.2) is 0 Å². The van der Waals surface area contributed by atoms with Crippen molar-refractivity contribution in [2.75, 3.05) is 0 Å². The Morgan fingerprint density at radius 3 is 2.46 bits per heavy atom. The lowest BCUT2D eigenvalue weighted by Gasteiger charge is -2.20. The number of primary amides is 1. The minimum Gasteiger partial charge on any atom is -0.494 e. The van der Waals surface area contributed by atoms with E-state index in [9.17, 15) is 19.5 Å². The first kappa shape index (κ1) is 17.4. The van der Waals surface area contributed by atoms with Gasteiger partial charge in [-0.2, -0.15) is 0 Å². The van der Waals surface area contributed by atoms with Crippen LogP contribution in [0.2, 0.25) is 0 Å². The van der Waals surface area contributed by atoms with Crippen LogP contribution in [-0.2, 0) is 10.2 Å². The Balaban J connectivity index is 2.30. The first-order valence-electron chi connectivity index (χ1n) is 7.89. The number of carbonyl (C=O) groups is 1. The highest BCUT2D eigenvalue weighted by molar-refractivity contribution is 6.22. The molecule has 8 nitrogen and oxygen atoms in total. The van der Waals surface area contributed by atoms with Crippen molar-refractivity contribution in [1.29, 1.82) is 0 Å². The number of hydrogen-bond donors (Lipinski definition) is 4. The minimum atomic E-state index is -0.828. The number of nitrogens with two attached hydrogens (primary N) is 1.